The quantitative estimate of drug-likeness (QED) is 0.150. The lowest BCUT2D eigenvalue weighted by atomic mass is 9.67. The lowest BCUT2D eigenvalue weighted by molar-refractivity contribution is 0.767. The molecule has 70 heavy (non-hydrogen) atoms. The first-order valence-electron chi connectivity index (χ1n) is 24.3. The van der Waals surface area contributed by atoms with Crippen LogP contribution in [0.1, 0.15) is 44.5 Å². The summed E-state index contributed by atoms with van der Waals surface area (Å²) in [4.78, 5) is 4.93. The fourth-order valence-electron chi connectivity index (χ4n) is 12.7. The highest BCUT2D eigenvalue weighted by Gasteiger charge is 2.53. The number of anilines is 6. The summed E-state index contributed by atoms with van der Waals surface area (Å²) >= 11 is 0. The molecule has 0 saturated heterocycles. The van der Waals surface area contributed by atoms with Crippen LogP contribution in [0.15, 0.2) is 279 Å². The van der Waals surface area contributed by atoms with Gasteiger partial charge in [-0.3, -0.25) is 0 Å². The minimum Gasteiger partial charge on any atom is -0.310 e. The second-order valence-corrected chi connectivity index (χ2v) is 18.7. The molecule has 1 spiro atoms. The van der Waals surface area contributed by atoms with Gasteiger partial charge in [-0.15, -0.1) is 0 Å². The largest absolute Gasteiger partial charge is 0.310 e. The van der Waals surface area contributed by atoms with Gasteiger partial charge in [0.15, 0.2) is 0 Å². The van der Waals surface area contributed by atoms with Gasteiger partial charge < -0.3 is 9.80 Å². The van der Waals surface area contributed by atoms with E-state index in [1.807, 2.05) is 0 Å². The van der Waals surface area contributed by atoms with E-state index in [9.17, 15) is 0 Å². The van der Waals surface area contributed by atoms with Crippen molar-refractivity contribution in [3.8, 4) is 33.4 Å². The van der Waals surface area contributed by atoms with Gasteiger partial charge in [0, 0.05) is 34.0 Å². The summed E-state index contributed by atoms with van der Waals surface area (Å²) < 4.78 is 0. The van der Waals surface area contributed by atoms with E-state index in [4.69, 9.17) is 0 Å². The second-order valence-electron chi connectivity index (χ2n) is 18.7. The molecule has 3 aliphatic rings. The Morgan fingerprint density at radius 1 is 0.214 bits per heavy atom. The molecule has 0 N–H and O–H groups in total. The molecule has 0 amide bonds. The Balaban J connectivity index is 1.05. The standard InChI is InChI=1S/C68H46N2/c1-6-23-47(24-7-1)67(48-25-8-2-9-26-48)60-37-19-18-35-56(60)59-36-22-40-65(66(59)67)70(51-31-14-5-15-32-51)53-42-44-58-55-34-17-21-39-62(55)68(64(58)46-53)61-38-20-16-33-54(61)57-43-41-52(45-63(57)68)69(49-27-10-3-11-28-49)50-29-12-4-13-30-50/h1-46H. The fourth-order valence-corrected chi connectivity index (χ4v) is 12.7. The van der Waals surface area contributed by atoms with Crippen molar-refractivity contribution in [2.75, 3.05) is 9.80 Å². The van der Waals surface area contributed by atoms with Gasteiger partial charge in [0.05, 0.1) is 16.5 Å². The van der Waals surface area contributed by atoms with Gasteiger partial charge in [0.1, 0.15) is 0 Å². The SMILES string of the molecule is c1ccc(N(c2ccccc2)c2ccc3c(c2)C2(c4ccccc4-3)c3ccccc3-c3ccc(N(c4ccccc4)c4cccc5c4C(c4ccccc4)(c4ccccc4)c4ccccc4-5)cc32)cc1. The van der Waals surface area contributed by atoms with Crippen LogP contribution in [0.25, 0.3) is 33.4 Å². The Morgan fingerprint density at radius 2 is 0.557 bits per heavy atom. The molecule has 0 aliphatic heterocycles. The van der Waals surface area contributed by atoms with E-state index < -0.39 is 10.8 Å². The van der Waals surface area contributed by atoms with Crippen molar-refractivity contribution in [3.63, 3.8) is 0 Å². The van der Waals surface area contributed by atoms with Crippen molar-refractivity contribution in [3.05, 3.63) is 324 Å². The molecule has 0 aromatic heterocycles. The third-order valence-corrected chi connectivity index (χ3v) is 15.3. The molecule has 0 radical (unpaired) electrons. The van der Waals surface area contributed by atoms with Gasteiger partial charge in [-0.2, -0.15) is 0 Å². The lowest BCUT2D eigenvalue weighted by Crippen LogP contribution is -2.30. The number of benzene rings is 11. The van der Waals surface area contributed by atoms with E-state index in [0.29, 0.717) is 0 Å². The van der Waals surface area contributed by atoms with Gasteiger partial charge in [-0.1, -0.05) is 212 Å². The van der Waals surface area contributed by atoms with E-state index in [-0.39, 0.29) is 0 Å². The Hall–Kier alpha value is -8.98. The third kappa shape index (κ3) is 5.62. The van der Waals surface area contributed by atoms with Crippen LogP contribution in [-0.4, -0.2) is 0 Å². The average molecular weight is 891 g/mol. The van der Waals surface area contributed by atoms with Gasteiger partial charge in [-0.25, -0.2) is 0 Å². The highest BCUT2D eigenvalue weighted by Crippen LogP contribution is 2.65. The molecular weight excluding hydrogens is 845 g/mol. The number of hydrogen-bond acceptors (Lipinski definition) is 2. The first-order chi connectivity index (χ1) is 34.8. The van der Waals surface area contributed by atoms with Crippen molar-refractivity contribution in [1.29, 1.82) is 0 Å². The number of rotatable bonds is 8. The Labute approximate surface area is 409 Å². The molecule has 0 saturated carbocycles. The Kier molecular flexibility index (Phi) is 9.06. The van der Waals surface area contributed by atoms with Crippen LogP contribution >= 0.6 is 0 Å². The molecule has 0 fully saturated rings. The van der Waals surface area contributed by atoms with Gasteiger partial charge in [0.2, 0.25) is 0 Å². The minimum atomic E-state index is -0.602. The van der Waals surface area contributed by atoms with Crippen LogP contribution < -0.4 is 9.80 Å². The van der Waals surface area contributed by atoms with Gasteiger partial charge in [0.25, 0.3) is 0 Å². The summed E-state index contributed by atoms with van der Waals surface area (Å²) in [5, 5.41) is 0. The average Bonchev–Trinajstić information content (AvgIpc) is 4.03. The van der Waals surface area contributed by atoms with E-state index in [2.05, 4.69) is 289 Å². The normalized spacial score (nSPS) is 15.0. The zero-order valence-corrected chi connectivity index (χ0v) is 38.5. The number of fused-ring (bicyclic) bond motifs is 13. The van der Waals surface area contributed by atoms with Crippen LogP contribution in [-0.2, 0) is 10.8 Å². The molecule has 1 atom stereocenters. The molecule has 328 valence electrons. The van der Waals surface area contributed by atoms with Crippen molar-refractivity contribution in [1.82, 2.24) is 0 Å². The smallest absolute Gasteiger partial charge is 0.0734 e. The predicted molar refractivity (Wildman–Crippen MR) is 289 cm³/mol. The zero-order valence-electron chi connectivity index (χ0n) is 38.5. The highest BCUT2D eigenvalue weighted by molar-refractivity contribution is 5.99. The summed E-state index contributed by atoms with van der Waals surface area (Å²) in [6.07, 6.45) is 0. The Morgan fingerprint density at radius 3 is 1.03 bits per heavy atom. The number of nitrogens with zero attached hydrogens (tertiary/aromatic N) is 2. The highest BCUT2D eigenvalue weighted by atomic mass is 15.2. The summed E-state index contributed by atoms with van der Waals surface area (Å²) in [7, 11) is 0. The molecule has 3 aliphatic carbocycles. The number of para-hydroxylation sites is 3. The van der Waals surface area contributed by atoms with E-state index in [0.717, 1.165) is 34.1 Å². The Bertz CT molecular complexity index is 3680. The molecule has 11 aromatic rings. The monoisotopic (exact) mass is 890 g/mol. The lowest BCUT2D eigenvalue weighted by Gasteiger charge is -2.38. The first-order valence-corrected chi connectivity index (χ1v) is 24.3. The molecule has 2 heteroatoms. The fraction of sp³-hybridized carbons (Fsp3) is 0.0294. The molecule has 1 unspecified atom stereocenters. The molecule has 2 nitrogen and oxygen atoms in total. The summed E-state index contributed by atoms with van der Waals surface area (Å²) in [5.74, 6) is 0. The summed E-state index contributed by atoms with van der Waals surface area (Å²) in [5.41, 5.74) is 23.3. The van der Waals surface area contributed by atoms with E-state index in [1.54, 1.807) is 0 Å². The van der Waals surface area contributed by atoms with Crippen molar-refractivity contribution < 1.29 is 0 Å². The van der Waals surface area contributed by atoms with Gasteiger partial charge >= 0.3 is 0 Å². The van der Waals surface area contributed by atoms with Gasteiger partial charge in [-0.05, 0) is 139 Å². The molecule has 14 rings (SSSR count). The minimum absolute atomic E-state index is 0.599. The molecule has 0 heterocycles. The maximum Gasteiger partial charge on any atom is 0.0734 e. The van der Waals surface area contributed by atoms with Crippen LogP contribution in [0, 0.1) is 0 Å². The van der Waals surface area contributed by atoms with Crippen LogP contribution in [0.4, 0.5) is 34.1 Å². The van der Waals surface area contributed by atoms with Crippen molar-refractivity contribution in [2.45, 2.75) is 10.8 Å². The van der Waals surface area contributed by atoms with E-state index >= 15 is 0 Å². The van der Waals surface area contributed by atoms with Crippen molar-refractivity contribution in [2.24, 2.45) is 0 Å². The maximum atomic E-state index is 2.53. The third-order valence-electron chi connectivity index (χ3n) is 15.3. The summed E-state index contributed by atoms with van der Waals surface area (Å²) in [6.45, 7) is 0. The predicted octanol–water partition coefficient (Wildman–Crippen LogP) is 17.3. The van der Waals surface area contributed by atoms with Crippen LogP contribution in [0.3, 0.4) is 0 Å². The molecule has 0 bridgehead atoms. The van der Waals surface area contributed by atoms with Crippen LogP contribution in [0.2, 0.25) is 0 Å². The second kappa shape index (κ2) is 15.8. The number of hydrogen-bond donors (Lipinski definition) is 0. The first kappa shape index (κ1) is 40.1. The molecular formula is C68H46N2. The summed E-state index contributed by atoms with van der Waals surface area (Å²) in [6, 6.07) is 104. The van der Waals surface area contributed by atoms with Crippen LogP contribution in [0.5, 0.6) is 0 Å². The topological polar surface area (TPSA) is 6.48 Å². The van der Waals surface area contributed by atoms with Crippen molar-refractivity contribution >= 4 is 34.1 Å². The van der Waals surface area contributed by atoms with E-state index in [1.165, 1.54) is 77.9 Å². The molecule has 11 aromatic carbocycles. The zero-order chi connectivity index (χ0) is 46.2. The maximum absolute atomic E-state index is 2.53.